The van der Waals surface area contributed by atoms with E-state index >= 15 is 0 Å². The van der Waals surface area contributed by atoms with Gasteiger partial charge in [0.15, 0.2) is 0 Å². The standard InChI is InChI=1S/C14H19BrClNO2/c1-9(2)13(5-6-18)17-14(19)7-10-3-4-11(16)8-12(10)15/h3-4,8-9,13,18H,5-7H2,1-2H3,(H,17,19). The van der Waals surface area contributed by atoms with Gasteiger partial charge in [0.05, 0.1) is 6.42 Å². The second-order valence-electron chi connectivity index (χ2n) is 4.84. The van der Waals surface area contributed by atoms with Crippen molar-refractivity contribution in [1.29, 1.82) is 0 Å². The van der Waals surface area contributed by atoms with E-state index in [0.29, 0.717) is 23.8 Å². The van der Waals surface area contributed by atoms with Crippen LogP contribution in [0, 0.1) is 5.92 Å². The summed E-state index contributed by atoms with van der Waals surface area (Å²) in [6.07, 6.45) is 0.873. The molecule has 0 bridgehead atoms. The van der Waals surface area contributed by atoms with Crippen molar-refractivity contribution >= 4 is 33.4 Å². The third-order valence-corrected chi connectivity index (χ3v) is 3.93. The Hall–Kier alpha value is -0.580. The van der Waals surface area contributed by atoms with E-state index in [1.54, 1.807) is 12.1 Å². The second-order valence-corrected chi connectivity index (χ2v) is 6.13. The molecule has 0 spiro atoms. The SMILES string of the molecule is CC(C)C(CCO)NC(=O)Cc1ccc(Cl)cc1Br. The molecule has 106 valence electrons. The van der Waals surface area contributed by atoms with Crippen LogP contribution in [-0.4, -0.2) is 23.7 Å². The van der Waals surface area contributed by atoms with Crippen molar-refractivity contribution in [3.63, 3.8) is 0 Å². The normalized spacial score (nSPS) is 12.5. The molecule has 0 aliphatic rings. The Kier molecular flexibility index (Phi) is 6.83. The summed E-state index contributed by atoms with van der Waals surface area (Å²) < 4.78 is 0.832. The van der Waals surface area contributed by atoms with E-state index in [1.165, 1.54) is 0 Å². The number of halogens is 2. The van der Waals surface area contributed by atoms with Crippen molar-refractivity contribution in [2.45, 2.75) is 32.7 Å². The molecular formula is C14H19BrClNO2. The average molecular weight is 349 g/mol. The molecule has 0 radical (unpaired) electrons. The maximum absolute atomic E-state index is 12.0. The van der Waals surface area contributed by atoms with E-state index in [9.17, 15) is 4.79 Å². The number of nitrogens with one attached hydrogen (secondary N) is 1. The molecule has 0 aliphatic heterocycles. The molecule has 1 atom stereocenters. The number of carbonyl (C=O) groups excluding carboxylic acids is 1. The van der Waals surface area contributed by atoms with Crippen LogP contribution < -0.4 is 5.32 Å². The van der Waals surface area contributed by atoms with Crippen LogP contribution >= 0.6 is 27.5 Å². The van der Waals surface area contributed by atoms with Crippen LogP contribution in [0.2, 0.25) is 5.02 Å². The van der Waals surface area contributed by atoms with Crippen LogP contribution in [0.15, 0.2) is 22.7 Å². The van der Waals surface area contributed by atoms with Gasteiger partial charge in [0.1, 0.15) is 0 Å². The number of amides is 1. The maximum atomic E-state index is 12.0. The zero-order valence-electron chi connectivity index (χ0n) is 11.1. The summed E-state index contributed by atoms with van der Waals surface area (Å²) in [4.78, 5) is 12.0. The highest BCUT2D eigenvalue weighted by Crippen LogP contribution is 2.22. The fourth-order valence-corrected chi connectivity index (χ4v) is 2.63. The Morgan fingerprint density at radius 3 is 2.68 bits per heavy atom. The highest BCUT2D eigenvalue weighted by molar-refractivity contribution is 9.10. The third-order valence-electron chi connectivity index (χ3n) is 2.96. The Labute approximate surface area is 127 Å². The van der Waals surface area contributed by atoms with Crippen LogP contribution in [0.5, 0.6) is 0 Å². The minimum Gasteiger partial charge on any atom is -0.396 e. The molecule has 1 aromatic carbocycles. The fourth-order valence-electron chi connectivity index (χ4n) is 1.81. The van der Waals surface area contributed by atoms with Crippen molar-refractivity contribution in [3.05, 3.63) is 33.3 Å². The van der Waals surface area contributed by atoms with Crippen LogP contribution in [0.25, 0.3) is 0 Å². The van der Waals surface area contributed by atoms with E-state index in [4.69, 9.17) is 16.7 Å². The van der Waals surface area contributed by atoms with Crippen LogP contribution in [-0.2, 0) is 11.2 Å². The molecule has 2 N–H and O–H groups in total. The lowest BCUT2D eigenvalue weighted by Crippen LogP contribution is -2.40. The third kappa shape index (κ3) is 5.51. The van der Waals surface area contributed by atoms with Gasteiger partial charge in [0.2, 0.25) is 5.91 Å². The van der Waals surface area contributed by atoms with Crippen molar-refractivity contribution in [2.75, 3.05) is 6.61 Å². The number of aliphatic hydroxyl groups is 1. The van der Waals surface area contributed by atoms with Gasteiger partial charge < -0.3 is 10.4 Å². The summed E-state index contributed by atoms with van der Waals surface area (Å²) in [6, 6.07) is 5.38. The van der Waals surface area contributed by atoms with E-state index in [-0.39, 0.29) is 18.6 Å². The number of rotatable bonds is 6. The molecule has 1 amide bonds. The van der Waals surface area contributed by atoms with E-state index < -0.39 is 0 Å². The van der Waals surface area contributed by atoms with Gasteiger partial charge in [-0.15, -0.1) is 0 Å². The van der Waals surface area contributed by atoms with Crippen molar-refractivity contribution in [2.24, 2.45) is 5.92 Å². The summed E-state index contributed by atoms with van der Waals surface area (Å²) in [5.41, 5.74) is 0.897. The predicted octanol–water partition coefficient (Wildman–Crippen LogP) is 3.17. The van der Waals surface area contributed by atoms with Gasteiger partial charge in [0.25, 0.3) is 0 Å². The summed E-state index contributed by atoms with van der Waals surface area (Å²) in [5.74, 6) is 0.250. The molecule has 0 fully saturated rings. The van der Waals surface area contributed by atoms with Crippen molar-refractivity contribution in [1.82, 2.24) is 5.32 Å². The molecule has 0 aromatic heterocycles. The molecular weight excluding hydrogens is 330 g/mol. The van der Waals surface area contributed by atoms with Crippen LogP contribution in [0.3, 0.4) is 0 Å². The predicted molar refractivity (Wildman–Crippen MR) is 81.3 cm³/mol. The van der Waals surface area contributed by atoms with Crippen molar-refractivity contribution in [3.8, 4) is 0 Å². The second kappa shape index (κ2) is 7.88. The number of benzene rings is 1. The van der Waals surface area contributed by atoms with Crippen LogP contribution in [0.4, 0.5) is 0 Å². The summed E-state index contributed by atoms with van der Waals surface area (Å²) >= 11 is 9.26. The fraction of sp³-hybridized carbons (Fsp3) is 0.500. The van der Waals surface area contributed by atoms with Gasteiger partial charge in [-0.2, -0.15) is 0 Å². The number of hydrogen-bond donors (Lipinski definition) is 2. The van der Waals surface area contributed by atoms with E-state index in [2.05, 4.69) is 21.2 Å². The topological polar surface area (TPSA) is 49.3 Å². The zero-order valence-corrected chi connectivity index (χ0v) is 13.5. The molecule has 0 saturated heterocycles. The minimum absolute atomic E-state index is 0.00331. The molecule has 0 heterocycles. The van der Waals surface area contributed by atoms with Gasteiger partial charge in [-0.1, -0.05) is 47.4 Å². The lowest BCUT2D eigenvalue weighted by atomic mass is 10.0. The lowest BCUT2D eigenvalue weighted by Gasteiger charge is -2.21. The minimum atomic E-state index is -0.0461. The highest BCUT2D eigenvalue weighted by Gasteiger charge is 2.16. The van der Waals surface area contributed by atoms with E-state index in [1.807, 2.05) is 19.9 Å². The molecule has 1 rings (SSSR count). The first-order valence-electron chi connectivity index (χ1n) is 6.28. The van der Waals surface area contributed by atoms with Crippen LogP contribution in [0.1, 0.15) is 25.8 Å². The highest BCUT2D eigenvalue weighted by atomic mass is 79.9. The zero-order chi connectivity index (χ0) is 14.4. The molecule has 3 nitrogen and oxygen atoms in total. The Bertz CT molecular complexity index is 437. The Morgan fingerprint density at radius 2 is 2.16 bits per heavy atom. The number of carbonyl (C=O) groups is 1. The molecule has 1 aromatic rings. The van der Waals surface area contributed by atoms with Crippen molar-refractivity contribution < 1.29 is 9.90 Å². The molecule has 0 aliphatic carbocycles. The first-order chi connectivity index (χ1) is 8.93. The molecule has 19 heavy (non-hydrogen) atoms. The maximum Gasteiger partial charge on any atom is 0.224 e. The molecule has 0 saturated carbocycles. The van der Waals surface area contributed by atoms with E-state index in [0.717, 1.165) is 10.0 Å². The summed E-state index contributed by atoms with van der Waals surface area (Å²) in [7, 11) is 0. The summed E-state index contributed by atoms with van der Waals surface area (Å²) in [6.45, 7) is 4.13. The Balaban J connectivity index is 2.63. The monoisotopic (exact) mass is 347 g/mol. The Morgan fingerprint density at radius 1 is 1.47 bits per heavy atom. The average Bonchev–Trinajstić information content (AvgIpc) is 2.32. The first-order valence-corrected chi connectivity index (χ1v) is 7.45. The van der Waals surface area contributed by atoms with Gasteiger partial charge in [-0.25, -0.2) is 0 Å². The molecule has 5 heteroatoms. The van der Waals surface area contributed by atoms with Gasteiger partial charge in [-0.3, -0.25) is 4.79 Å². The van der Waals surface area contributed by atoms with Gasteiger partial charge in [0, 0.05) is 22.1 Å². The first kappa shape index (κ1) is 16.5. The summed E-state index contributed by atoms with van der Waals surface area (Å²) in [5, 5.41) is 12.6. The number of hydrogen-bond acceptors (Lipinski definition) is 2. The quantitative estimate of drug-likeness (QED) is 0.829. The number of aliphatic hydroxyl groups excluding tert-OH is 1. The smallest absolute Gasteiger partial charge is 0.224 e. The van der Waals surface area contributed by atoms with Gasteiger partial charge >= 0.3 is 0 Å². The lowest BCUT2D eigenvalue weighted by molar-refractivity contribution is -0.121. The van der Waals surface area contributed by atoms with Gasteiger partial charge in [-0.05, 0) is 30.0 Å². The largest absolute Gasteiger partial charge is 0.396 e. The molecule has 1 unspecified atom stereocenters.